The first-order valence-electron chi connectivity index (χ1n) is 4.22. The highest BCUT2D eigenvalue weighted by Crippen LogP contribution is 2.27. The number of nitrogens with zero attached hydrogens (tertiary/aromatic N) is 1. The molecule has 5 nitrogen and oxygen atoms in total. The second-order valence-electron chi connectivity index (χ2n) is 2.97. The summed E-state index contributed by atoms with van der Waals surface area (Å²) >= 11 is 0. The van der Waals surface area contributed by atoms with E-state index in [9.17, 15) is 8.42 Å². The molecular formula is C9H13NO4S. The molecule has 0 aliphatic heterocycles. The Labute approximate surface area is 89.5 Å². The average molecular weight is 231 g/mol. The Hall–Kier alpha value is -1.27. The number of rotatable bonds is 4. The maximum absolute atomic E-state index is 11.4. The predicted octanol–water partition coefficient (Wildman–Crippen LogP) is 0.880. The summed E-state index contributed by atoms with van der Waals surface area (Å²) in [5.41, 5.74) is 0. The van der Waals surface area contributed by atoms with Crippen molar-refractivity contribution in [1.29, 1.82) is 0 Å². The van der Waals surface area contributed by atoms with Gasteiger partial charge < -0.3 is 8.92 Å². The average Bonchev–Trinajstić information content (AvgIpc) is 2.18. The van der Waals surface area contributed by atoms with Gasteiger partial charge in [-0.25, -0.2) is 0 Å². The van der Waals surface area contributed by atoms with E-state index in [1.54, 1.807) is 18.2 Å². The summed E-state index contributed by atoms with van der Waals surface area (Å²) in [5.74, 6) is 0.552. The van der Waals surface area contributed by atoms with Crippen molar-refractivity contribution in [1.82, 2.24) is 4.31 Å². The van der Waals surface area contributed by atoms with Crippen LogP contribution in [-0.4, -0.2) is 33.9 Å². The molecule has 0 spiro atoms. The Morgan fingerprint density at radius 2 is 1.67 bits per heavy atom. The number of methoxy groups -OCH3 is 1. The van der Waals surface area contributed by atoms with Crippen molar-refractivity contribution >= 4 is 10.3 Å². The Morgan fingerprint density at radius 3 is 2.13 bits per heavy atom. The number of benzene rings is 1. The van der Waals surface area contributed by atoms with E-state index >= 15 is 0 Å². The first-order valence-corrected chi connectivity index (χ1v) is 5.59. The quantitative estimate of drug-likeness (QED) is 0.772. The van der Waals surface area contributed by atoms with Crippen molar-refractivity contribution in [3.63, 3.8) is 0 Å². The second kappa shape index (κ2) is 4.50. The monoisotopic (exact) mass is 231 g/mol. The van der Waals surface area contributed by atoms with Gasteiger partial charge in [-0.3, -0.25) is 0 Å². The molecule has 1 aromatic carbocycles. The molecule has 15 heavy (non-hydrogen) atoms. The smallest absolute Gasteiger partial charge is 0.384 e. The summed E-state index contributed by atoms with van der Waals surface area (Å²) in [7, 11) is 0.506. The lowest BCUT2D eigenvalue weighted by atomic mass is 10.3. The molecule has 84 valence electrons. The zero-order valence-corrected chi connectivity index (χ0v) is 9.61. The molecule has 0 aromatic heterocycles. The normalized spacial score (nSPS) is 11.5. The van der Waals surface area contributed by atoms with Gasteiger partial charge >= 0.3 is 10.3 Å². The van der Waals surface area contributed by atoms with Crippen LogP contribution in [0, 0.1) is 0 Å². The zero-order valence-electron chi connectivity index (χ0n) is 8.80. The van der Waals surface area contributed by atoms with Gasteiger partial charge in [-0.2, -0.15) is 12.7 Å². The minimum absolute atomic E-state index is 0.175. The van der Waals surface area contributed by atoms with Crippen molar-refractivity contribution in [2.45, 2.75) is 0 Å². The van der Waals surface area contributed by atoms with E-state index in [2.05, 4.69) is 0 Å². The molecule has 0 heterocycles. The molecule has 0 unspecified atom stereocenters. The van der Waals surface area contributed by atoms with Gasteiger partial charge in [0.15, 0.2) is 11.5 Å². The van der Waals surface area contributed by atoms with Crippen LogP contribution in [-0.2, 0) is 10.3 Å². The third-order valence-electron chi connectivity index (χ3n) is 1.71. The Bertz CT molecular complexity index is 427. The highest BCUT2D eigenvalue weighted by atomic mass is 32.2. The summed E-state index contributed by atoms with van der Waals surface area (Å²) in [4.78, 5) is 0. The van der Waals surface area contributed by atoms with E-state index in [1.165, 1.54) is 27.3 Å². The summed E-state index contributed by atoms with van der Waals surface area (Å²) in [5, 5.41) is 0. The molecule has 0 aliphatic carbocycles. The Morgan fingerprint density at radius 1 is 1.13 bits per heavy atom. The lowest BCUT2D eigenvalue weighted by Gasteiger charge is -2.13. The third-order valence-corrected chi connectivity index (χ3v) is 3.00. The zero-order chi connectivity index (χ0) is 11.5. The SMILES string of the molecule is COc1ccccc1OS(=O)(=O)N(C)C. The van der Waals surface area contributed by atoms with Crippen LogP contribution >= 0.6 is 0 Å². The van der Waals surface area contributed by atoms with Crippen LogP contribution in [0.15, 0.2) is 24.3 Å². The van der Waals surface area contributed by atoms with Gasteiger partial charge in [0.1, 0.15) is 0 Å². The van der Waals surface area contributed by atoms with Gasteiger partial charge in [0, 0.05) is 14.1 Å². The van der Waals surface area contributed by atoms with Crippen molar-refractivity contribution in [2.24, 2.45) is 0 Å². The molecule has 0 radical (unpaired) electrons. The van der Waals surface area contributed by atoms with Gasteiger partial charge in [0.25, 0.3) is 0 Å². The van der Waals surface area contributed by atoms with Gasteiger partial charge in [-0.1, -0.05) is 12.1 Å². The van der Waals surface area contributed by atoms with Crippen molar-refractivity contribution in [2.75, 3.05) is 21.2 Å². The summed E-state index contributed by atoms with van der Waals surface area (Å²) in [6.07, 6.45) is 0. The fourth-order valence-corrected chi connectivity index (χ4v) is 1.39. The third kappa shape index (κ3) is 2.84. The number of hydrogen-bond acceptors (Lipinski definition) is 4. The van der Waals surface area contributed by atoms with Crippen LogP contribution in [0.25, 0.3) is 0 Å². The first kappa shape index (κ1) is 11.8. The van der Waals surface area contributed by atoms with Gasteiger partial charge in [0.2, 0.25) is 0 Å². The molecule has 1 rings (SSSR count). The molecular weight excluding hydrogens is 218 g/mol. The molecule has 0 bridgehead atoms. The van der Waals surface area contributed by atoms with E-state index in [0.717, 1.165) is 4.31 Å². The fourth-order valence-electron chi connectivity index (χ4n) is 0.876. The van der Waals surface area contributed by atoms with Crippen molar-refractivity contribution in [3.8, 4) is 11.5 Å². The molecule has 0 N–H and O–H groups in total. The van der Waals surface area contributed by atoms with E-state index < -0.39 is 10.3 Å². The summed E-state index contributed by atoms with van der Waals surface area (Å²) in [6, 6.07) is 6.55. The minimum Gasteiger partial charge on any atom is -0.493 e. The van der Waals surface area contributed by atoms with Crippen molar-refractivity contribution < 1.29 is 17.3 Å². The van der Waals surface area contributed by atoms with E-state index in [4.69, 9.17) is 8.92 Å². The summed E-state index contributed by atoms with van der Waals surface area (Å²) in [6.45, 7) is 0. The Kier molecular flexibility index (Phi) is 3.54. The largest absolute Gasteiger partial charge is 0.493 e. The topological polar surface area (TPSA) is 55.8 Å². The second-order valence-corrected chi connectivity index (χ2v) is 4.73. The van der Waals surface area contributed by atoms with Gasteiger partial charge in [-0.15, -0.1) is 0 Å². The molecule has 6 heteroatoms. The van der Waals surface area contributed by atoms with E-state index in [0.29, 0.717) is 5.75 Å². The lowest BCUT2D eigenvalue weighted by Crippen LogP contribution is -2.27. The highest BCUT2D eigenvalue weighted by molar-refractivity contribution is 7.84. The fraction of sp³-hybridized carbons (Fsp3) is 0.333. The maximum Gasteiger partial charge on any atom is 0.384 e. The molecule has 0 atom stereocenters. The number of para-hydroxylation sites is 2. The van der Waals surface area contributed by atoms with Crippen LogP contribution in [0.3, 0.4) is 0 Å². The molecule has 0 aliphatic rings. The van der Waals surface area contributed by atoms with Crippen LogP contribution in [0.5, 0.6) is 11.5 Å². The van der Waals surface area contributed by atoms with Crippen LogP contribution in [0.1, 0.15) is 0 Å². The summed E-state index contributed by atoms with van der Waals surface area (Å²) < 4.78 is 33.6. The van der Waals surface area contributed by atoms with Crippen LogP contribution in [0.4, 0.5) is 0 Å². The molecule has 0 saturated carbocycles. The van der Waals surface area contributed by atoms with Crippen LogP contribution in [0.2, 0.25) is 0 Å². The molecule has 0 amide bonds. The van der Waals surface area contributed by atoms with E-state index in [-0.39, 0.29) is 5.75 Å². The molecule has 0 fully saturated rings. The number of hydrogen-bond donors (Lipinski definition) is 0. The molecule has 0 saturated heterocycles. The van der Waals surface area contributed by atoms with Gasteiger partial charge in [0.05, 0.1) is 7.11 Å². The standard InChI is InChI=1S/C9H13NO4S/c1-10(2)15(11,12)14-9-7-5-4-6-8(9)13-3/h4-7H,1-3H3. The highest BCUT2D eigenvalue weighted by Gasteiger charge is 2.17. The predicted molar refractivity (Wildman–Crippen MR) is 56.2 cm³/mol. The minimum atomic E-state index is -3.73. The Balaban J connectivity index is 3.00. The van der Waals surface area contributed by atoms with Crippen LogP contribution < -0.4 is 8.92 Å². The van der Waals surface area contributed by atoms with Gasteiger partial charge in [-0.05, 0) is 12.1 Å². The lowest BCUT2D eigenvalue weighted by molar-refractivity contribution is 0.377. The molecule has 1 aromatic rings. The first-order chi connectivity index (χ1) is 6.97. The van der Waals surface area contributed by atoms with Crippen molar-refractivity contribution in [3.05, 3.63) is 24.3 Å². The number of ether oxygens (including phenoxy) is 1. The maximum atomic E-state index is 11.4. The van der Waals surface area contributed by atoms with E-state index in [1.807, 2.05) is 0 Å².